The Labute approximate surface area is 517 Å². The van der Waals surface area contributed by atoms with Crippen LogP contribution in [0.4, 0.5) is 4.79 Å². The van der Waals surface area contributed by atoms with Crippen LogP contribution < -0.4 is 30.3 Å². The Bertz CT molecular complexity index is 2710. The van der Waals surface area contributed by atoms with Crippen LogP contribution in [0.1, 0.15) is 62.9 Å². The van der Waals surface area contributed by atoms with Gasteiger partial charge in [-0.1, -0.05) is 70.0 Å². The van der Waals surface area contributed by atoms with Crippen LogP contribution in [-0.4, -0.2) is 218 Å². The number of hydroxylamine groups is 1. The number of hydrogen-bond acceptors (Lipinski definition) is 27. The fraction of sp³-hybridized carbons (Fsp3) is 0.655. The normalized spacial score (nSPS) is 35.9. The van der Waals surface area contributed by atoms with Gasteiger partial charge in [-0.2, -0.15) is 5.48 Å². The monoisotopic (exact) mass is 1370 g/mol. The molecular formula is C55H74IN3O21S4. The van der Waals surface area contributed by atoms with E-state index in [1.807, 2.05) is 35.8 Å². The van der Waals surface area contributed by atoms with Crippen LogP contribution >= 0.6 is 65.8 Å². The van der Waals surface area contributed by atoms with E-state index in [2.05, 4.69) is 39.8 Å². The van der Waals surface area contributed by atoms with Crippen molar-refractivity contribution in [2.75, 3.05) is 60.7 Å². The number of carbonyl (C=O) groups excluding carboxylic acids is 3. The number of ketones is 1. The number of hydrogen-bond donors (Lipinski definition) is 8. The minimum Gasteiger partial charge on any atom is -0.492 e. The number of aliphatic hydroxyl groups is 5. The Kier molecular flexibility index (Phi) is 25.7. The topological polar surface area (TPSA) is 308 Å². The lowest BCUT2D eigenvalue weighted by Crippen LogP contribution is -2.65. The molecule has 2 aliphatic carbocycles. The number of amides is 1. The number of methoxy groups -OCH3 is 5. The van der Waals surface area contributed by atoms with E-state index in [0.717, 1.165) is 18.9 Å². The van der Waals surface area contributed by atoms with Crippen molar-refractivity contribution in [3.8, 4) is 40.9 Å². The highest BCUT2D eigenvalue weighted by atomic mass is 127. The second-order valence-corrected chi connectivity index (χ2v) is 26.7. The van der Waals surface area contributed by atoms with Gasteiger partial charge in [0, 0.05) is 44.0 Å². The quantitative estimate of drug-likeness (QED) is 0.0272. The Hall–Kier alpha value is -2.94. The van der Waals surface area contributed by atoms with Crippen molar-refractivity contribution in [1.82, 2.24) is 16.1 Å². The molecular weight excluding hydrogens is 1290 g/mol. The highest BCUT2D eigenvalue weighted by Gasteiger charge is 2.52. The van der Waals surface area contributed by atoms with Crippen LogP contribution in [0.2, 0.25) is 0 Å². The van der Waals surface area contributed by atoms with Gasteiger partial charge in [-0.15, -0.1) is 0 Å². The summed E-state index contributed by atoms with van der Waals surface area (Å²) in [5.41, 5.74) is 1.30. The average molecular weight is 1370 g/mol. The number of rotatable bonds is 22. The minimum absolute atomic E-state index is 0.0155. The number of aliphatic hydroxyl groups excluding tert-OH is 4. The number of alkyl carbamates (subject to hydrolysis) is 1. The molecule has 4 fully saturated rings. The zero-order valence-electron chi connectivity index (χ0n) is 48.1. The maximum Gasteiger partial charge on any atom is 0.411 e. The first-order valence-electron chi connectivity index (χ1n) is 26.9. The van der Waals surface area contributed by atoms with Gasteiger partial charge in [0.2, 0.25) is 17.2 Å². The Morgan fingerprint density at radius 1 is 0.881 bits per heavy atom. The fourth-order valence-electron chi connectivity index (χ4n) is 10.5. The molecule has 4 aliphatic heterocycles. The van der Waals surface area contributed by atoms with Crippen molar-refractivity contribution in [2.24, 2.45) is 0 Å². The molecule has 0 radical (unpaired) electrons. The van der Waals surface area contributed by atoms with Gasteiger partial charge in [-0.3, -0.25) is 19.7 Å². The van der Waals surface area contributed by atoms with E-state index >= 15 is 0 Å². The predicted octanol–water partition coefficient (Wildman–Crippen LogP) is 3.20. The maximum atomic E-state index is 14.4. The van der Waals surface area contributed by atoms with E-state index < -0.39 is 127 Å². The summed E-state index contributed by atoms with van der Waals surface area (Å²) in [6.45, 7) is 9.41. The third-order valence-electron chi connectivity index (χ3n) is 14.8. The molecule has 29 heteroatoms. The summed E-state index contributed by atoms with van der Waals surface area (Å²) >= 11 is 2.83. The van der Waals surface area contributed by atoms with Crippen molar-refractivity contribution in [2.45, 2.75) is 169 Å². The third-order valence-corrected chi connectivity index (χ3v) is 21.2. The van der Waals surface area contributed by atoms with Crippen LogP contribution in [0.15, 0.2) is 35.1 Å². The first-order chi connectivity index (χ1) is 40.2. The van der Waals surface area contributed by atoms with Gasteiger partial charge in [0.15, 0.2) is 41.8 Å². The number of ether oxygens (including phenoxy) is 12. The second-order valence-electron chi connectivity index (χ2n) is 20.1. The number of fused-ring (bicyclic) bond motifs is 2. The summed E-state index contributed by atoms with van der Waals surface area (Å²) in [5.74, 6) is 11.3. The lowest BCUT2D eigenvalue weighted by atomic mass is 9.75. The molecule has 7 rings (SSSR count). The smallest absolute Gasteiger partial charge is 0.411 e. The Morgan fingerprint density at radius 2 is 1.61 bits per heavy atom. The molecule has 0 aromatic heterocycles. The number of allylic oxidation sites excluding steroid dienone is 3. The Balaban J connectivity index is 1.12. The van der Waals surface area contributed by atoms with E-state index in [1.165, 1.54) is 64.9 Å². The van der Waals surface area contributed by atoms with Crippen molar-refractivity contribution < 1.29 is 102 Å². The standard InChI is InChI=1S/C55H74IN3O21S4/c1-12-57-30-24-73-35(22-34(30)68-6)78-48-43(63)40(26(3)75-53(48)77-33-17-15-13-14-16-19-55(67)23-32(61)41(58-54(66)72-10)38(33)29(55)18-20-82-84-81-11)59-80-36-21-31(60)50(28(5)74-36)83-51(65)37-25(2)39(56)46(49(71-9)45(37)69-7)79-52-44(64)47(70-8)42(62)27(4)76-52/h13-14,18,26-28,30-31,33-36,40,42-44,47-48,50,52-53,57,59-60,62-64,67H,12,20-24H2,1-11H3,(H,58,66)/b14-13-,29-18?/t26?,27?,28?,30?,31?,33-,34?,35?,36?,40?,42?,43?,44?,47?,48?,50?,52?,53?,55-/m0/s1. The maximum absolute atomic E-state index is 14.4. The van der Waals surface area contributed by atoms with Gasteiger partial charge in [0.05, 0.1) is 97.0 Å². The van der Waals surface area contributed by atoms with Gasteiger partial charge >= 0.3 is 6.09 Å². The summed E-state index contributed by atoms with van der Waals surface area (Å²) in [5, 5.41) is 62.7. The van der Waals surface area contributed by atoms with Gasteiger partial charge < -0.3 is 87.7 Å². The molecule has 1 aromatic carbocycles. The largest absolute Gasteiger partial charge is 0.492 e. The van der Waals surface area contributed by atoms with Crippen molar-refractivity contribution >= 4 is 82.8 Å². The van der Waals surface area contributed by atoms with E-state index in [-0.39, 0.29) is 71.2 Å². The number of nitrogens with one attached hydrogen (secondary N) is 3. The fourth-order valence-corrected chi connectivity index (χ4v) is 14.7. The zero-order chi connectivity index (χ0) is 61.2. The molecule has 4 heterocycles. The van der Waals surface area contributed by atoms with Crippen molar-refractivity contribution in [3.05, 3.63) is 49.8 Å². The zero-order valence-corrected chi connectivity index (χ0v) is 53.6. The summed E-state index contributed by atoms with van der Waals surface area (Å²) in [4.78, 5) is 47.5. The Morgan fingerprint density at radius 3 is 2.27 bits per heavy atom. The molecule has 19 atom stereocenters. The van der Waals surface area contributed by atoms with E-state index in [0.29, 0.717) is 21.4 Å². The van der Waals surface area contributed by atoms with Crippen LogP contribution in [0, 0.1) is 34.2 Å². The van der Waals surface area contributed by atoms with Crippen molar-refractivity contribution in [3.63, 3.8) is 0 Å². The SMILES string of the molecule is CCNC1COC(OC2C(O[C@H]3C#C/C=C\C#C[C@]4(O)CC(=O)C(NC(=O)OC)=C3C4=CCSSSC)OC(C)C(NOC3CC(O)C(SC(=O)c4c(C)c(I)c(OC5OC(C)C(O)C(OC)C5O)c(OC)c4OC)C(C)O3)C2O)CC1OC. The second kappa shape index (κ2) is 31.5. The average Bonchev–Trinajstić information content (AvgIpc) is 1.36. The van der Waals surface area contributed by atoms with Gasteiger partial charge in [0.1, 0.15) is 36.6 Å². The van der Waals surface area contributed by atoms with Crippen LogP contribution in [0.25, 0.3) is 0 Å². The molecule has 466 valence electrons. The van der Waals surface area contributed by atoms with Gasteiger partial charge in [-0.05, 0) is 90.6 Å². The molecule has 8 N–H and O–H groups in total. The van der Waals surface area contributed by atoms with E-state index in [1.54, 1.807) is 40.9 Å². The highest BCUT2D eigenvalue weighted by molar-refractivity contribution is 14.1. The number of Topliss-reactive ketones (excluding diaryl/α,β-unsaturated/α-hetero) is 1. The molecule has 1 aromatic rings. The van der Waals surface area contributed by atoms with Crippen molar-refractivity contribution in [1.29, 1.82) is 0 Å². The number of thioether (sulfide) groups is 1. The van der Waals surface area contributed by atoms with E-state index in [9.17, 15) is 39.9 Å². The first-order valence-corrected chi connectivity index (χ1v) is 32.9. The molecule has 1 amide bonds. The van der Waals surface area contributed by atoms with E-state index in [4.69, 9.17) is 61.7 Å². The molecule has 84 heavy (non-hydrogen) atoms. The number of benzene rings is 1. The third kappa shape index (κ3) is 15.7. The predicted molar refractivity (Wildman–Crippen MR) is 320 cm³/mol. The minimum atomic E-state index is -2.05. The van der Waals surface area contributed by atoms with Crippen LogP contribution in [0.5, 0.6) is 17.2 Å². The van der Waals surface area contributed by atoms with Gasteiger partial charge in [-0.25, -0.2) is 4.79 Å². The summed E-state index contributed by atoms with van der Waals surface area (Å²) in [7, 11) is 11.3. The number of carbonyl (C=O) groups is 3. The molecule has 2 bridgehead atoms. The number of halogens is 1. The summed E-state index contributed by atoms with van der Waals surface area (Å²) < 4.78 is 72.5. The highest BCUT2D eigenvalue weighted by Crippen LogP contribution is 2.49. The summed E-state index contributed by atoms with van der Waals surface area (Å²) in [6, 6.07) is -1.27. The van der Waals surface area contributed by atoms with Crippen LogP contribution in [-0.2, 0) is 52.3 Å². The molecule has 4 saturated heterocycles. The molecule has 0 saturated carbocycles. The molecule has 0 spiro atoms. The molecule has 17 unspecified atom stereocenters. The first kappa shape index (κ1) is 68.5. The molecule has 24 nitrogen and oxygen atoms in total. The van der Waals surface area contributed by atoms with Crippen LogP contribution in [0.3, 0.4) is 0 Å². The number of likely N-dealkylation sites (N-methyl/N-ethyl adjacent to an activating group) is 1. The van der Waals surface area contributed by atoms with Gasteiger partial charge in [0.25, 0.3) is 0 Å². The lowest BCUT2D eigenvalue weighted by molar-refractivity contribution is -0.336. The summed E-state index contributed by atoms with van der Waals surface area (Å²) in [6.07, 6.45) is -11.9. The molecule has 6 aliphatic rings. The lowest BCUT2D eigenvalue weighted by Gasteiger charge is -2.46.